The zero-order valence-corrected chi connectivity index (χ0v) is 26.2. The van der Waals surface area contributed by atoms with Crippen LogP contribution >= 0.6 is 10.6 Å². The van der Waals surface area contributed by atoms with Gasteiger partial charge < -0.3 is 4.21 Å². The Kier molecular flexibility index (Phi) is 7.22. The summed E-state index contributed by atoms with van der Waals surface area (Å²) in [5, 5.41) is 0. The molecule has 1 aliphatic carbocycles. The topological polar surface area (TPSA) is 91.7 Å². The van der Waals surface area contributed by atoms with Crippen molar-refractivity contribution < 1.29 is 22.9 Å². The first-order chi connectivity index (χ1) is 21.7. The molecule has 1 atom stereocenters. The molecule has 224 valence electrons. The van der Waals surface area contributed by atoms with Gasteiger partial charge in [0, 0.05) is 17.0 Å². The maximum Gasteiger partial charge on any atom is 0.196 e. The highest BCUT2D eigenvalue weighted by Gasteiger charge is 2.35. The van der Waals surface area contributed by atoms with E-state index >= 15 is 0 Å². The van der Waals surface area contributed by atoms with Crippen LogP contribution in [0.3, 0.4) is 0 Å². The summed E-state index contributed by atoms with van der Waals surface area (Å²) < 4.78 is 35.3. The van der Waals surface area contributed by atoms with Crippen LogP contribution in [0.5, 0.6) is 0 Å². The van der Waals surface area contributed by atoms with Crippen LogP contribution in [-0.2, 0) is 19.4 Å². The van der Waals surface area contributed by atoms with Gasteiger partial charge in [-0.05, 0) is 89.2 Å². The minimum atomic E-state index is -3.30. The molecule has 1 unspecified atom stereocenters. The number of carbonyl (C=O) groups is 2. The average molecular weight is 630 g/mol. The summed E-state index contributed by atoms with van der Waals surface area (Å²) in [4.78, 5) is 28.4. The van der Waals surface area contributed by atoms with Crippen LogP contribution in [0.4, 0.5) is 0 Å². The van der Waals surface area contributed by atoms with Crippen molar-refractivity contribution in [3.63, 3.8) is 0 Å². The smallest absolute Gasteiger partial charge is 0.196 e. The van der Waals surface area contributed by atoms with Crippen molar-refractivity contribution in [2.24, 2.45) is 5.92 Å². The van der Waals surface area contributed by atoms with Gasteiger partial charge in [0.05, 0.1) is 9.79 Å². The molecule has 0 amide bonds. The first-order valence-corrected chi connectivity index (χ1v) is 17.3. The molecule has 45 heavy (non-hydrogen) atoms. The Morgan fingerprint density at radius 3 is 2.00 bits per heavy atom. The molecule has 3 aliphatic rings. The second-order valence-electron chi connectivity index (χ2n) is 11.1. The van der Waals surface area contributed by atoms with Gasteiger partial charge in [0.25, 0.3) is 0 Å². The lowest BCUT2D eigenvalue weighted by atomic mass is 9.85. The minimum absolute atomic E-state index is 0.0424. The van der Waals surface area contributed by atoms with E-state index in [0.717, 1.165) is 33.4 Å². The monoisotopic (exact) mass is 629 g/mol. The summed E-state index contributed by atoms with van der Waals surface area (Å²) in [6.45, 7) is 3.60. The van der Waals surface area contributed by atoms with Crippen LogP contribution in [0, 0.1) is 5.92 Å². The molecule has 4 aromatic rings. The van der Waals surface area contributed by atoms with Crippen LogP contribution in [0.1, 0.15) is 35.3 Å². The zero-order chi connectivity index (χ0) is 31.5. The lowest BCUT2D eigenvalue weighted by molar-refractivity contribution is -0.116. The van der Waals surface area contributed by atoms with E-state index in [1.54, 1.807) is 62.4 Å². The molecule has 0 saturated carbocycles. The number of benzene rings is 4. The highest BCUT2D eigenvalue weighted by molar-refractivity contribution is 8.24. The van der Waals surface area contributed by atoms with E-state index in [-0.39, 0.29) is 21.4 Å². The third kappa shape index (κ3) is 4.71. The number of hydrogen-bond donors (Lipinski definition) is 2. The predicted octanol–water partition coefficient (Wildman–Crippen LogP) is 8.87. The van der Waals surface area contributed by atoms with E-state index in [1.165, 1.54) is 0 Å². The molecule has 2 heterocycles. The molecule has 0 aromatic heterocycles. The largest absolute Gasteiger partial charge is 0.457 e. The van der Waals surface area contributed by atoms with Crippen LogP contribution < -0.4 is 0 Å². The fourth-order valence-electron chi connectivity index (χ4n) is 6.29. The Balaban J connectivity index is 1.23. The number of fused-ring (bicyclic) bond motifs is 3. The highest BCUT2D eigenvalue weighted by Crippen LogP contribution is 2.61. The fourth-order valence-corrected chi connectivity index (χ4v) is 9.46. The standard InChI is InChI=1S/C38H29O5S2/c1-3-29-33(4-2)44(41)34-17-15-27(21-31(34)37(29)39)25-11-7-9-23(19-25)24-10-8-12-26(20-24)28-16-18-36-32(22-28)38(40)30-13-5-6-14-35(30)45(36,42)43/h3-22,31,42-43H,1-2H3/q-1. The molecule has 0 fully saturated rings. The molecular formula is C38H29O5S2-. The maximum absolute atomic E-state index is 13.4. The van der Waals surface area contributed by atoms with E-state index in [1.807, 2.05) is 66.8 Å². The molecule has 7 rings (SSSR count). The van der Waals surface area contributed by atoms with E-state index in [0.29, 0.717) is 26.5 Å². The minimum Gasteiger partial charge on any atom is -0.457 e. The van der Waals surface area contributed by atoms with Crippen LogP contribution in [0.2, 0.25) is 0 Å². The summed E-state index contributed by atoms with van der Waals surface area (Å²) in [7, 11) is -4.68. The number of hydrogen-bond acceptors (Lipinski definition) is 6. The number of ketones is 2. The first kappa shape index (κ1) is 29.2. The Morgan fingerprint density at radius 2 is 1.31 bits per heavy atom. The number of carbonyl (C=O) groups excluding carboxylic acids is 2. The molecule has 0 spiro atoms. The van der Waals surface area contributed by atoms with Gasteiger partial charge >= 0.3 is 0 Å². The zero-order valence-electron chi connectivity index (χ0n) is 24.6. The molecule has 0 bridgehead atoms. The molecular weight excluding hydrogens is 601 g/mol. The van der Waals surface area contributed by atoms with Crippen molar-refractivity contribution in [2.75, 3.05) is 0 Å². The summed E-state index contributed by atoms with van der Waals surface area (Å²) in [5.41, 5.74) is 6.56. The number of allylic oxidation sites excluding steroid dienone is 7. The van der Waals surface area contributed by atoms with Crippen molar-refractivity contribution in [1.82, 2.24) is 0 Å². The van der Waals surface area contributed by atoms with Gasteiger partial charge in [0.1, 0.15) is 0 Å². The summed E-state index contributed by atoms with van der Waals surface area (Å²) in [5.74, 6) is -0.834. The van der Waals surface area contributed by atoms with E-state index in [9.17, 15) is 22.9 Å². The van der Waals surface area contributed by atoms with Gasteiger partial charge in [-0.25, -0.2) is 10.4 Å². The van der Waals surface area contributed by atoms with E-state index in [2.05, 4.69) is 6.07 Å². The van der Waals surface area contributed by atoms with Gasteiger partial charge in [-0.3, -0.25) is 18.7 Å². The Morgan fingerprint density at radius 1 is 0.689 bits per heavy atom. The van der Waals surface area contributed by atoms with E-state index < -0.39 is 26.9 Å². The number of Topliss-reactive ketones (excluding diaryl/α,β-unsaturated/α-hetero) is 1. The molecule has 0 radical (unpaired) electrons. The second kappa shape index (κ2) is 11.1. The Bertz CT molecular complexity index is 2170. The maximum atomic E-state index is 13.4. The third-order valence-corrected chi connectivity index (χ3v) is 12.2. The fraction of sp³-hybridized carbons (Fsp3) is 0.0789. The normalized spacial score (nSPS) is 21.3. The Hall–Kier alpha value is -4.53. The van der Waals surface area contributed by atoms with Gasteiger partial charge in [-0.1, -0.05) is 78.9 Å². The SMILES string of the molecule is CC=C1C(=O)C2C=C(c3cccc(-c4cccc(-c5ccc6c(c5)C(=O)c5ccccc5S6(O)O)c4)c3)C=CC2=[S-](=O)C1=CC. The number of rotatable bonds is 3. The van der Waals surface area contributed by atoms with Gasteiger partial charge in [0.15, 0.2) is 11.6 Å². The predicted molar refractivity (Wildman–Crippen MR) is 183 cm³/mol. The first-order valence-electron chi connectivity index (χ1n) is 14.6. The van der Waals surface area contributed by atoms with E-state index in [4.69, 9.17) is 0 Å². The van der Waals surface area contributed by atoms with Crippen LogP contribution in [0.25, 0.3) is 27.8 Å². The van der Waals surface area contributed by atoms with Gasteiger partial charge in [-0.15, -0.1) is 26.4 Å². The average Bonchev–Trinajstić information content (AvgIpc) is 3.08. The lowest BCUT2D eigenvalue weighted by Gasteiger charge is -2.38. The quantitative estimate of drug-likeness (QED) is 0.134. The summed E-state index contributed by atoms with van der Waals surface area (Å²) in [6, 6.07) is 27.9. The lowest BCUT2D eigenvalue weighted by Crippen LogP contribution is -2.31. The van der Waals surface area contributed by atoms with Crippen LogP contribution in [-0.4, -0.2) is 25.5 Å². The van der Waals surface area contributed by atoms with Crippen molar-refractivity contribution in [3.8, 4) is 22.3 Å². The molecule has 2 aliphatic heterocycles. The van der Waals surface area contributed by atoms with Crippen molar-refractivity contribution >= 4 is 43.0 Å². The third-order valence-electron chi connectivity index (χ3n) is 8.55. The molecule has 5 nitrogen and oxygen atoms in total. The molecule has 7 heteroatoms. The summed E-state index contributed by atoms with van der Waals surface area (Å²) in [6.07, 6.45) is 9.16. The second-order valence-corrected chi connectivity index (χ2v) is 14.5. The highest BCUT2D eigenvalue weighted by atomic mass is 32.3. The van der Waals surface area contributed by atoms with Crippen molar-refractivity contribution in [3.05, 3.63) is 149 Å². The van der Waals surface area contributed by atoms with Crippen molar-refractivity contribution in [2.45, 2.75) is 23.6 Å². The molecule has 0 saturated heterocycles. The molecule has 4 aromatic carbocycles. The Labute approximate surface area is 265 Å². The van der Waals surface area contributed by atoms with Crippen molar-refractivity contribution in [1.29, 1.82) is 0 Å². The van der Waals surface area contributed by atoms with Gasteiger partial charge in [0.2, 0.25) is 0 Å². The van der Waals surface area contributed by atoms with Gasteiger partial charge in [-0.2, -0.15) is 0 Å². The molecule has 2 N–H and O–H groups in total. The van der Waals surface area contributed by atoms with Crippen LogP contribution in [0.15, 0.2) is 142 Å². The summed E-state index contributed by atoms with van der Waals surface area (Å²) >= 11 is 0.